The second-order valence-electron chi connectivity index (χ2n) is 0.429. The van der Waals surface area contributed by atoms with Gasteiger partial charge in [0.1, 0.15) is 0 Å². The van der Waals surface area contributed by atoms with E-state index in [0.29, 0.717) is 0 Å². The summed E-state index contributed by atoms with van der Waals surface area (Å²) in [7, 11) is 20.1. The van der Waals surface area contributed by atoms with Crippen LogP contribution in [0.3, 0.4) is 0 Å². The molecule has 0 fully saturated rings. The fraction of sp³-hybridized carbons (Fsp3) is 0. The third-order valence-electron chi connectivity index (χ3n) is 0. The average Bonchev–Trinajstić information content (AvgIpc) is 0.722. The number of rotatable bonds is 0. The maximum absolute atomic E-state index is 5.01. The normalized spacial score (nSPS) is 10.0. The molecule has 36 valence electrons. The Bertz CT molecular complexity index is 29.5. The van der Waals surface area contributed by atoms with Crippen LogP contribution in [0.4, 0.5) is 0 Å². The second kappa shape index (κ2) is 5.25. The molecule has 0 heterocycles. The zero-order valence-corrected chi connectivity index (χ0v) is 11.7. The van der Waals surface area contributed by atoms with Crippen LogP contribution in [0.25, 0.3) is 0 Å². The van der Waals surface area contributed by atoms with Crippen LogP contribution in [0, 0.1) is 0 Å². The van der Waals surface area contributed by atoms with Crippen LogP contribution in [0.15, 0.2) is 0 Å². The summed E-state index contributed by atoms with van der Waals surface area (Å²) in [5.41, 5.74) is 0. The van der Waals surface area contributed by atoms with Crippen molar-refractivity contribution in [3.05, 3.63) is 0 Å². The van der Waals surface area contributed by atoms with Gasteiger partial charge in [-0.15, -0.1) is 0 Å². The molecule has 0 aliphatic heterocycles. The molecule has 0 nitrogen and oxygen atoms in total. The fourth-order valence-electron chi connectivity index (χ4n) is 0. The summed E-state index contributed by atoms with van der Waals surface area (Å²) in [6.07, 6.45) is 0. The molecular weight excluding hydrogens is 327 g/mol. The van der Waals surface area contributed by atoms with Crippen molar-refractivity contribution in [2.75, 3.05) is 0 Å². The van der Waals surface area contributed by atoms with Crippen molar-refractivity contribution in [1.82, 2.24) is 0 Å². The molecule has 6 heavy (non-hydrogen) atoms. The summed E-state index contributed by atoms with van der Waals surface area (Å²) in [4.78, 5) is 0. The molecule has 0 aromatic heterocycles. The summed E-state index contributed by atoms with van der Waals surface area (Å²) in [5.74, 6) is 0. The first kappa shape index (κ1) is 12.2. The fourth-order valence-corrected chi connectivity index (χ4v) is 0. The van der Waals surface area contributed by atoms with Gasteiger partial charge in [-0.25, -0.2) is 0 Å². The molecule has 0 atom stereocenters. The average molecular weight is 329 g/mol. The molecule has 0 aromatic carbocycles. The predicted molar refractivity (Wildman–Crippen MR) is 31.4 cm³/mol. The molecule has 0 aromatic rings. The molecule has 0 N–H and O–H groups in total. The molecule has 0 bridgehead atoms. The molecule has 0 saturated heterocycles. The van der Waals surface area contributed by atoms with Crippen LogP contribution < -0.4 is 0 Å². The van der Waals surface area contributed by atoms with E-state index in [1.807, 2.05) is 0 Å². The minimum Gasteiger partial charge on any atom is -1.00 e. The monoisotopic (exact) mass is 328 g/mol. The van der Waals surface area contributed by atoms with Gasteiger partial charge >= 0.3 is 98.4 Å². The van der Waals surface area contributed by atoms with Gasteiger partial charge in [0.25, 0.3) is 0 Å². The Morgan fingerprint density at radius 1 is 1.00 bits per heavy atom. The molecule has 0 amide bonds. The SMILES string of the molecule is [Ba+2].[Cl][Ti]([Cl])([Cl])[Cl].[H-].[H-]. The summed E-state index contributed by atoms with van der Waals surface area (Å²) >= 11 is -3.11. The van der Waals surface area contributed by atoms with Gasteiger partial charge in [-0.3, -0.25) is 0 Å². The second-order valence-corrected chi connectivity index (χ2v) is 15.9. The van der Waals surface area contributed by atoms with Crippen molar-refractivity contribution in [3.63, 3.8) is 0 Å². The standard InChI is InChI=1S/Ba.4ClH.Ti.2H/h;4*1H;;;/q+2;;;;;+4;2*-1/p-4. The van der Waals surface area contributed by atoms with Gasteiger partial charge in [-0.05, 0) is 0 Å². The Hall–Kier alpha value is 3.45. The van der Waals surface area contributed by atoms with E-state index in [4.69, 9.17) is 37.2 Å². The molecular formula is H2BaCl4Ti. The quantitative estimate of drug-likeness (QED) is 0.600. The van der Waals surface area contributed by atoms with Crippen LogP contribution in [0.1, 0.15) is 2.85 Å². The van der Waals surface area contributed by atoms with E-state index in [1.165, 1.54) is 0 Å². The van der Waals surface area contributed by atoms with Gasteiger partial charge in [-0.1, -0.05) is 0 Å². The van der Waals surface area contributed by atoms with Crippen LogP contribution in [0.5, 0.6) is 0 Å². The van der Waals surface area contributed by atoms with Crippen LogP contribution >= 0.6 is 37.2 Å². The van der Waals surface area contributed by atoms with Gasteiger partial charge in [0.15, 0.2) is 0 Å². The van der Waals surface area contributed by atoms with Crippen molar-refractivity contribution in [1.29, 1.82) is 0 Å². The maximum atomic E-state index is 5.01. The molecule has 0 saturated carbocycles. The number of hydrogen-bond donors (Lipinski definition) is 0. The Morgan fingerprint density at radius 2 is 1.00 bits per heavy atom. The van der Waals surface area contributed by atoms with Gasteiger partial charge in [0, 0.05) is 0 Å². The van der Waals surface area contributed by atoms with Gasteiger partial charge < -0.3 is 2.85 Å². The van der Waals surface area contributed by atoms with Crippen molar-refractivity contribution in [2.45, 2.75) is 0 Å². The first-order chi connectivity index (χ1) is 2.00. The van der Waals surface area contributed by atoms with Gasteiger partial charge in [0.2, 0.25) is 0 Å². The van der Waals surface area contributed by atoms with Gasteiger partial charge in [-0.2, -0.15) is 0 Å². The third kappa shape index (κ3) is 26.1. The first-order valence-corrected chi connectivity index (χ1v) is 9.35. The smallest absolute Gasteiger partial charge is 1.00 e. The summed E-state index contributed by atoms with van der Waals surface area (Å²) in [5, 5.41) is 0. The molecule has 0 aliphatic carbocycles. The topological polar surface area (TPSA) is 0 Å². The van der Waals surface area contributed by atoms with Crippen LogP contribution in [-0.2, 0) is 12.3 Å². The largest absolute Gasteiger partial charge is 1.00 e. The predicted octanol–water partition coefficient (Wildman–Crippen LogP) is 2.60. The summed E-state index contributed by atoms with van der Waals surface area (Å²) < 4.78 is 0. The summed E-state index contributed by atoms with van der Waals surface area (Å²) in [6, 6.07) is 0. The number of hydrogen-bond acceptors (Lipinski definition) is 0. The Morgan fingerprint density at radius 3 is 1.00 bits per heavy atom. The molecule has 0 spiro atoms. The van der Waals surface area contributed by atoms with E-state index < -0.39 is 12.3 Å². The molecule has 6 heteroatoms. The number of halogens is 4. The zero-order valence-electron chi connectivity index (χ0n) is 4.72. The third-order valence-corrected chi connectivity index (χ3v) is 0. The van der Waals surface area contributed by atoms with Crippen molar-refractivity contribution in [3.8, 4) is 0 Å². The Kier molecular flexibility index (Phi) is 10.6. The van der Waals surface area contributed by atoms with Crippen LogP contribution in [-0.4, -0.2) is 48.9 Å². The minimum absolute atomic E-state index is 0. The van der Waals surface area contributed by atoms with Crippen molar-refractivity contribution in [2.24, 2.45) is 0 Å². The van der Waals surface area contributed by atoms with Crippen LogP contribution in [0.2, 0.25) is 0 Å². The van der Waals surface area contributed by atoms with Crippen molar-refractivity contribution < 1.29 is 15.2 Å². The van der Waals surface area contributed by atoms with E-state index in [0.717, 1.165) is 0 Å². The molecule has 0 radical (unpaired) electrons. The molecule has 0 aliphatic rings. The van der Waals surface area contributed by atoms with Crippen molar-refractivity contribution >= 4 is 86.1 Å². The van der Waals surface area contributed by atoms with E-state index in [1.54, 1.807) is 0 Å². The Labute approximate surface area is 98.8 Å². The van der Waals surface area contributed by atoms with E-state index in [2.05, 4.69) is 0 Å². The Balaban J connectivity index is -0.0000000267. The first-order valence-electron chi connectivity index (χ1n) is 0.756. The minimum atomic E-state index is -3.11. The van der Waals surface area contributed by atoms with Gasteiger partial charge in [0.05, 0.1) is 0 Å². The summed E-state index contributed by atoms with van der Waals surface area (Å²) in [6.45, 7) is 0. The molecule has 0 unspecified atom stereocenters. The van der Waals surface area contributed by atoms with E-state index >= 15 is 0 Å². The van der Waals surface area contributed by atoms with E-state index in [9.17, 15) is 0 Å². The zero-order chi connectivity index (χ0) is 4.50. The maximum Gasteiger partial charge on any atom is -1.00 e. The van der Waals surface area contributed by atoms with E-state index in [-0.39, 0.29) is 51.7 Å². The molecule has 0 rings (SSSR count).